The lowest BCUT2D eigenvalue weighted by molar-refractivity contribution is 0.0474. The minimum absolute atomic E-state index is 0.0801. The van der Waals surface area contributed by atoms with Crippen molar-refractivity contribution in [2.45, 2.75) is 6.54 Å². The third-order valence-electron chi connectivity index (χ3n) is 5.37. The number of ether oxygens (including phenoxy) is 1. The summed E-state index contributed by atoms with van der Waals surface area (Å²) in [7, 11) is 1.27. The number of hydrogen-bond donors (Lipinski definition) is 1. The summed E-state index contributed by atoms with van der Waals surface area (Å²) >= 11 is 0. The summed E-state index contributed by atoms with van der Waals surface area (Å²) in [6, 6.07) is 21.6. The molecule has 0 aliphatic carbocycles. The molecule has 0 atom stereocenters. The summed E-state index contributed by atoms with van der Waals surface area (Å²) in [4.78, 5) is 50.5. The van der Waals surface area contributed by atoms with E-state index in [0.29, 0.717) is 0 Å². The van der Waals surface area contributed by atoms with E-state index in [2.05, 4.69) is 0 Å². The molecule has 0 amide bonds. The Morgan fingerprint density at radius 1 is 0.909 bits per heavy atom. The van der Waals surface area contributed by atoms with Crippen LogP contribution >= 0.6 is 0 Å². The van der Waals surface area contributed by atoms with Gasteiger partial charge in [0.25, 0.3) is 5.56 Å². The highest BCUT2D eigenvalue weighted by molar-refractivity contribution is 6.02. The molecule has 4 aromatic rings. The van der Waals surface area contributed by atoms with Gasteiger partial charge in [0.05, 0.1) is 12.1 Å². The zero-order chi connectivity index (χ0) is 23.5. The Labute approximate surface area is 188 Å². The molecule has 1 heterocycles. The summed E-state index contributed by atoms with van der Waals surface area (Å²) in [5.74, 6) is -1.76. The SMILES string of the molecule is Cn1c(=O)c(C(=O)COC(=O)c2ccc3ccccc3c2)c(N)n(Cc2ccccc2)c1=O. The van der Waals surface area contributed by atoms with E-state index in [-0.39, 0.29) is 23.5 Å². The first-order valence-corrected chi connectivity index (χ1v) is 10.2. The Kier molecular flexibility index (Phi) is 5.91. The highest BCUT2D eigenvalue weighted by Crippen LogP contribution is 2.16. The van der Waals surface area contributed by atoms with Crippen LogP contribution in [-0.4, -0.2) is 27.5 Å². The molecule has 2 N–H and O–H groups in total. The first-order valence-electron chi connectivity index (χ1n) is 10.2. The Hall–Kier alpha value is -4.46. The normalized spacial score (nSPS) is 10.8. The minimum atomic E-state index is -0.839. The fourth-order valence-corrected chi connectivity index (χ4v) is 3.57. The Bertz CT molecular complexity index is 1490. The quantitative estimate of drug-likeness (QED) is 0.362. The molecule has 0 saturated carbocycles. The molecule has 0 fully saturated rings. The minimum Gasteiger partial charge on any atom is -0.454 e. The van der Waals surface area contributed by atoms with E-state index in [0.717, 1.165) is 25.5 Å². The Morgan fingerprint density at radius 3 is 2.30 bits per heavy atom. The molecule has 0 aliphatic heterocycles. The molecule has 8 nitrogen and oxygen atoms in total. The molecule has 0 unspecified atom stereocenters. The highest BCUT2D eigenvalue weighted by atomic mass is 16.5. The van der Waals surface area contributed by atoms with Gasteiger partial charge >= 0.3 is 11.7 Å². The molecular weight excluding hydrogens is 422 g/mol. The van der Waals surface area contributed by atoms with Gasteiger partial charge in [-0.25, -0.2) is 9.59 Å². The van der Waals surface area contributed by atoms with Crippen LogP contribution in [0.25, 0.3) is 10.8 Å². The van der Waals surface area contributed by atoms with Crippen LogP contribution < -0.4 is 17.0 Å². The van der Waals surface area contributed by atoms with Crippen LogP contribution in [0.5, 0.6) is 0 Å². The monoisotopic (exact) mass is 443 g/mol. The molecule has 3 aromatic carbocycles. The van der Waals surface area contributed by atoms with Crippen molar-refractivity contribution in [2.75, 3.05) is 12.3 Å². The molecule has 0 saturated heterocycles. The van der Waals surface area contributed by atoms with E-state index in [1.165, 1.54) is 7.05 Å². The second kappa shape index (κ2) is 8.96. The molecule has 8 heteroatoms. The lowest BCUT2D eigenvalue weighted by Gasteiger charge is -2.14. The van der Waals surface area contributed by atoms with Crippen molar-refractivity contribution >= 4 is 28.3 Å². The van der Waals surface area contributed by atoms with Crippen LogP contribution in [0.1, 0.15) is 26.3 Å². The van der Waals surface area contributed by atoms with E-state index in [4.69, 9.17) is 10.5 Å². The number of nitrogen functional groups attached to an aromatic ring is 1. The number of anilines is 1. The van der Waals surface area contributed by atoms with Gasteiger partial charge in [-0.2, -0.15) is 0 Å². The molecule has 0 radical (unpaired) electrons. The number of nitrogens with zero attached hydrogens (tertiary/aromatic N) is 2. The van der Waals surface area contributed by atoms with Gasteiger partial charge in [-0.3, -0.25) is 18.7 Å². The number of carbonyl (C=O) groups excluding carboxylic acids is 2. The van der Waals surface area contributed by atoms with Gasteiger partial charge in [-0.15, -0.1) is 0 Å². The van der Waals surface area contributed by atoms with Gasteiger partial charge in [0.1, 0.15) is 11.4 Å². The van der Waals surface area contributed by atoms with Crippen LogP contribution in [0.15, 0.2) is 82.4 Å². The lowest BCUT2D eigenvalue weighted by Crippen LogP contribution is -2.43. The number of benzene rings is 3. The van der Waals surface area contributed by atoms with Gasteiger partial charge in [0.15, 0.2) is 6.61 Å². The average molecular weight is 443 g/mol. The number of carbonyl (C=O) groups is 2. The summed E-state index contributed by atoms with van der Waals surface area (Å²) in [5.41, 5.74) is 5.24. The van der Waals surface area contributed by atoms with E-state index < -0.39 is 29.6 Å². The molecule has 33 heavy (non-hydrogen) atoms. The average Bonchev–Trinajstić information content (AvgIpc) is 2.84. The number of hydrogen-bond acceptors (Lipinski definition) is 6. The zero-order valence-corrected chi connectivity index (χ0v) is 17.9. The van der Waals surface area contributed by atoms with E-state index in [9.17, 15) is 19.2 Å². The first-order chi connectivity index (χ1) is 15.9. The van der Waals surface area contributed by atoms with Crippen molar-refractivity contribution in [2.24, 2.45) is 7.05 Å². The predicted octanol–water partition coefficient (Wildman–Crippen LogP) is 2.37. The maximum Gasteiger partial charge on any atom is 0.338 e. The Balaban J connectivity index is 1.59. The van der Waals surface area contributed by atoms with Crippen molar-refractivity contribution in [1.82, 2.24) is 9.13 Å². The number of nitrogens with two attached hydrogens (primary N) is 1. The fraction of sp³-hybridized carbons (Fsp3) is 0.120. The summed E-state index contributed by atoms with van der Waals surface area (Å²) in [5, 5.41) is 1.81. The van der Waals surface area contributed by atoms with E-state index in [1.807, 2.05) is 30.3 Å². The highest BCUT2D eigenvalue weighted by Gasteiger charge is 2.23. The van der Waals surface area contributed by atoms with E-state index in [1.54, 1.807) is 42.5 Å². The van der Waals surface area contributed by atoms with Crippen LogP contribution in [0, 0.1) is 0 Å². The van der Waals surface area contributed by atoms with Crippen molar-refractivity contribution < 1.29 is 14.3 Å². The largest absolute Gasteiger partial charge is 0.454 e. The summed E-state index contributed by atoms with van der Waals surface area (Å²) in [6.45, 7) is -0.606. The van der Waals surface area contributed by atoms with E-state index >= 15 is 0 Å². The van der Waals surface area contributed by atoms with Crippen LogP contribution in [0.2, 0.25) is 0 Å². The number of ketones is 1. The summed E-state index contributed by atoms with van der Waals surface area (Å²) in [6.07, 6.45) is 0. The summed E-state index contributed by atoms with van der Waals surface area (Å²) < 4.78 is 7.12. The lowest BCUT2D eigenvalue weighted by atomic mass is 10.1. The van der Waals surface area contributed by atoms with Crippen LogP contribution in [-0.2, 0) is 18.3 Å². The second-order valence-electron chi connectivity index (χ2n) is 7.54. The van der Waals surface area contributed by atoms with Crippen LogP contribution in [0.4, 0.5) is 5.82 Å². The van der Waals surface area contributed by atoms with Crippen LogP contribution in [0.3, 0.4) is 0 Å². The van der Waals surface area contributed by atoms with Crippen molar-refractivity contribution in [3.05, 3.63) is 110 Å². The Morgan fingerprint density at radius 2 is 1.58 bits per heavy atom. The maximum atomic E-state index is 12.8. The molecule has 0 spiro atoms. The maximum absolute atomic E-state index is 12.8. The van der Waals surface area contributed by atoms with Crippen molar-refractivity contribution in [1.29, 1.82) is 0 Å². The molecular formula is C25H21N3O5. The third-order valence-corrected chi connectivity index (χ3v) is 5.37. The standard InChI is InChI=1S/C25H21N3O5/c1-27-23(30)21(22(26)28(25(27)32)14-16-7-3-2-4-8-16)20(29)15-33-24(31)19-12-11-17-9-5-6-10-18(17)13-19/h2-13H,14-15,26H2,1H3. The number of Topliss-reactive ketones (excluding diaryl/α,β-unsaturated/α-hetero) is 1. The third kappa shape index (κ3) is 4.31. The van der Waals surface area contributed by atoms with Gasteiger partial charge in [0, 0.05) is 7.05 Å². The number of fused-ring (bicyclic) bond motifs is 1. The fourth-order valence-electron chi connectivity index (χ4n) is 3.57. The van der Waals surface area contributed by atoms with Gasteiger partial charge < -0.3 is 10.5 Å². The molecule has 166 valence electrons. The predicted molar refractivity (Wildman–Crippen MR) is 124 cm³/mol. The molecule has 4 rings (SSSR count). The first kappa shape index (κ1) is 21.8. The smallest absolute Gasteiger partial charge is 0.338 e. The molecule has 0 bridgehead atoms. The number of esters is 1. The topological polar surface area (TPSA) is 113 Å². The van der Waals surface area contributed by atoms with Gasteiger partial charge in [-0.05, 0) is 28.5 Å². The van der Waals surface area contributed by atoms with Crippen molar-refractivity contribution in [3.63, 3.8) is 0 Å². The van der Waals surface area contributed by atoms with Gasteiger partial charge in [0.2, 0.25) is 5.78 Å². The number of rotatable bonds is 6. The van der Waals surface area contributed by atoms with Crippen molar-refractivity contribution in [3.8, 4) is 0 Å². The molecule has 0 aliphatic rings. The second-order valence-corrected chi connectivity index (χ2v) is 7.54. The molecule has 1 aromatic heterocycles. The zero-order valence-electron chi connectivity index (χ0n) is 17.9. The van der Waals surface area contributed by atoms with Gasteiger partial charge in [-0.1, -0.05) is 60.7 Å². The number of aromatic nitrogens is 2.